The molecule has 1 N–H and O–H groups in total. The van der Waals surface area contributed by atoms with E-state index in [2.05, 4.69) is 6.07 Å². The van der Waals surface area contributed by atoms with Crippen molar-refractivity contribution in [1.29, 1.82) is 5.26 Å². The fourth-order valence-electron chi connectivity index (χ4n) is 3.17. The SMILES string of the molecule is CC(=O)OCc1ccn([C@@H]2c3cc(C#N)ccc3OC(C)(C)[C@H]2O)c(=O)c1. The van der Waals surface area contributed by atoms with E-state index in [1.165, 1.54) is 17.6 Å². The Labute approximate surface area is 156 Å². The van der Waals surface area contributed by atoms with Crippen LogP contribution < -0.4 is 10.3 Å². The number of aliphatic hydroxyl groups is 1. The van der Waals surface area contributed by atoms with E-state index in [0.29, 0.717) is 22.4 Å². The lowest BCUT2D eigenvalue weighted by Gasteiger charge is -2.42. The van der Waals surface area contributed by atoms with Crippen LogP contribution in [-0.4, -0.2) is 27.3 Å². The molecule has 1 aromatic carbocycles. The van der Waals surface area contributed by atoms with Crippen LogP contribution in [0.25, 0.3) is 0 Å². The van der Waals surface area contributed by atoms with Crippen LogP contribution in [0.2, 0.25) is 0 Å². The molecule has 2 heterocycles. The number of nitrogens with zero attached hydrogens (tertiary/aromatic N) is 2. The highest BCUT2D eigenvalue weighted by Gasteiger charge is 2.44. The second kappa shape index (κ2) is 6.89. The lowest BCUT2D eigenvalue weighted by atomic mass is 9.85. The van der Waals surface area contributed by atoms with Crippen LogP contribution in [0.4, 0.5) is 0 Å². The van der Waals surface area contributed by atoms with E-state index in [1.54, 1.807) is 44.3 Å². The number of fused-ring (bicyclic) bond motifs is 1. The third-order valence-electron chi connectivity index (χ3n) is 4.60. The number of carbonyl (C=O) groups excluding carboxylic acids is 1. The summed E-state index contributed by atoms with van der Waals surface area (Å²) in [5.74, 6) is 0.0870. The van der Waals surface area contributed by atoms with Crippen LogP contribution in [0, 0.1) is 11.3 Å². The third-order valence-corrected chi connectivity index (χ3v) is 4.60. The monoisotopic (exact) mass is 368 g/mol. The van der Waals surface area contributed by atoms with Gasteiger partial charge in [-0.25, -0.2) is 0 Å². The minimum atomic E-state index is -1.02. The summed E-state index contributed by atoms with van der Waals surface area (Å²) in [6, 6.07) is 9.31. The first-order valence-corrected chi connectivity index (χ1v) is 8.48. The first-order valence-electron chi connectivity index (χ1n) is 8.48. The van der Waals surface area contributed by atoms with Gasteiger partial charge >= 0.3 is 5.97 Å². The molecular weight excluding hydrogens is 348 g/mol. The van der Waals surface area contributed by atoms with Crippen LogP contribution in [0.1, 0.15) is 43.5 Å². The summed E-state index contributed by atoms with van der Waals surface area (Å²) in [5, 5.41) is 20.1. The van der Waals surface area contributed by atoms with E-state index < -0.39 is 23.7 Å². The molecule has 0 unspecified atom stereocenters. The van der Waals surface area contributed by atoms with Gasteiger partial charge in [-0.3, -0.25) is 9.59 Å². The number of pyridine rings is 1. The Kier molecular flexibility index (Phi) is 4.77. The van der Waals surface area contributed by atoms with Crippen molar-refractivity contribution in [2.75, 3.05) is 0 Å². The number of aliphatic hydroxyl groups excluding tert-OH is 1. The molecule has 27 heavy (non-hydrogen) atoms. The fourth-order valence-corrected chi connectivity index (χ4v) is 3.17. The Morgan fingerprint density at radius 1 is 1.37 bits per heavy atom. The molecule has 0 aliphatic carbocycles. The lowest BCUT2D eigenvalue weighted by molar-refractivity contribution is -0.142. The van der Waals surface area contributed by atoms with Gasteiger partial charge in [-0.05, 0) is 43.7 Å². The molecule has 0 bridgehead atoms. The largest absolute Gasteiger partial charge is 0.485 e. The van der Waals surface area contributed by atoms with Crippen molar-refractivity contribution in [3.05, 3.63) is 63.6 Å². The number of esters is 1. The average Bonchev–Trinajstić information content (AvgIpc) is 2.61. The molecule has 0 saturated heterocycles. The van der Waals surface area contributed by atoms with Gasteiger partial charge in [0.2, 0.25) is 0 Å². The van der Waals surface area contributed by atoms with Gasteiger partial charge in [0, 0.05) is 24.8 Å². The molecule has 0 saturated carbocycles. The van der Waals surface area contributed by atoms with Crippen molar-refractivity contribution < 1.29 is 19.4 Å². The summed E-state index contributed by atoms with van der Waals surface area (Å²) in [7, 11) is 0. The van der Waals surface area contributed by atoms with E-state index in [4.69, 9.17) is 9.47 Å². The van der Waals surface area contributed by atoms with E-state index in [9.17, 15) is 20.0 Å². The van der Waals surface area contributed by atoms with E-state index in [-0.39, 0.29) is 12.2 Å². The number of ether oxygens (including phenoxy) is 2. The van der Waals surface area contributed by atoms with Crippen LogP contribution in [0.15, 0.2) is 41.3 Å². The highest BCUT2D eigenvalue weighted by Crippen LogP contribution is 2.41. The molecule has 1 aliphatic heterocycles. The second-order valence-electron chi connectivity index (χ2n) is 7.02. The quantitative estimate of drug-likeness (QED) is 0.831. The van der Waals surface area contributed by atoms with E-state index in [1.807, 2.05) is 0 Å². The number of nitriles is 1. The third kappa shape index (κ3) is 3.57. The molecule has 0 amide bonds. The Morgan fingerprint density at radius 3 is 2.74 bits per heavy atom. The van der Waals surface area contributed by atoms with Crippen LogP contribution in [-0.2, 0) is 16.1 Å². The summed E-state index contributed by atoms with van der Waals surface area (Å²) < 4.78 is 12.2. The van der Waals surface area contributed by atoms with Crippen LogP contribution in [0.3, 0.4) is 0 Å². The molecule has 7 heteroatoms. The van der Waals surface area contributed by atoms with Gasteiger partial charge in [0.05, 0.1) is 17.7 Å². The first kappa shape index (κ1) is 18.7. The maximum Gasteiger partial charge on any atom is 0.302 e. The minimum Gasteiger partial charge on any atom is -0.485 e. The van der Waals surface area contributed by atoms with Crippen molar-refractivity contribution in [3.8, 4) is 11.8 Å². The normalized spacial score (nSPS) is 20.1. The Bertz CT molecular complexity index is 987. The van der Waals surface area contributed by atoms with Gasteiger partial charge in [-0.2, -0.15) is 5.26 Å². The molecule has 140 valence electrons. The summed E-state index contributed by atoms with van der Waals surface area (Å²) in [5.41, 5.74) is 0.249. The van der Waals surface area contributed by atoms with Gasteiger partial charge in [0.25, 0.3) is 5.56 Å². The molecule has 3 rings (SSSR count). The number of benzene rings is 1. The number of hydrogen-bond donors (Lipinski definition) is 1. The number of hydrogen-bond acceptors (Lipinski definition) is 6. The Hall–Kier alpha value is -3.11. The number of rotatable bonds is 3. The van der Waals surface area contributed by atoms with Gasteiger partial charge < -0.3 is 19.1 Å². The summed E-state index contributed by atoms with van der Waals surface area (Å²) in [6.07, 6.45) is 0.537. The summed E-state index contributed by atoms with van der Waals surface area (Å²) in [4.78, 5) is 23.7. The summed E-state index contributed by atoms with van der Waals surface area (Å²) >= 11 is 0. The van der Waals surface area contributed by atoms with Crippen LogP contribution in [0.5, 0.6) is 5.75 Å². The highest BCUT2D eigenvalue weighted by atomic mass is 16.5. The van der Waals surface area contributed by atoms with Crippen LogP contribution >= 0.6 is 0 Å². The zero-order valence-electron chi connectivity index (χ0n) is 15.3. The zero-order valence-corrected chi connectivity index (χ0v) is 15.3. The molecule has 0 radical (unpaired) electrons. The summed E-state index contributed by atoms with van der Waals surface area (Å²) in [6.45, 7) is 4.78. The Morgan fingerprint density at radius 2 is 2.11 bits per heavy atom. The molecule has 1 aliphatic rings. The van der Waals surface area contributed by atoms with Crippen molar-refractivity contribution in [2.24, 2.45) is 0 Å². The Balaban J connectivity index is 2.08. The van der Waals surface area contributed by atoms with Crippen molar-refractivity contribution in [1.82, 2.24) is 4.57 Å². The highest BCUT2D eigenvalue weighted by molar-refractivity contribution is 5.65. The predicted octanol–water partition coefficient (Wildman–Crippen LogP) is 1.90. The molecule has 2 atom stereocenters. The number of aromatic nitrogens is 1. The van der Waals surface area contributed by atoms with Crippen molar-refractivity contribution in [3.63, 3.8) is 0 Å². The van der Waals surface area contributed by atoms with Crippen molar-refractivity contribution >= 4 is 5.97 Å². The molecule has 2 aromatic rings. The maximum atomic E-state index is 12.7. The standard InChI is InChI=1S/C20H20N2O5/c1-12(23)26-11-14-6-7-22(17(24)9-14)18-15-8-13(10-21)4-5-16(15)27-20(2,3)19(18)25/h4-9,18-19,25H,11H2,1-3H3/t18-,19+/m1/s1. The second-order valence-corrected chi connectivity index (χ2v) is 7.02. The maximum absolute atomic E-state index is 12.7. The smallest absolute Gasteiger partial charge is 0.302 e. The minimum absolute atomic E-state index is 0.00239. The predicted molar refractivity (Wildman–Crippen MR) is 96.2 cm³/mol. The van der Waals surface area contributed by atoms with Gasteiger partial charge in [0.1, 0.15) is 24.1 Å². The molecule has 1 aromatic heterocycles. The topological polar surface area (TPSA) is 102 Å². The zero-order chi connectivity index (χ0) is 19.8. The lowest BCUT2D eigenvalue weighted by Crippen LogP contribution is -2.52. The fraction of sp³-hybridized carbons (Fsp3) is 0.350. The van der Waals surface area contributed by atoms with Crippen molar-refractivity contribution in [2.45, 2.75) is 45.1 Å². The average molecular weight is 368 g/mol. The molecule has 0 spiro atoms. The first-order chi connectivity index (χ1) is 12.7. The molecule has 7 nitrogen and oxygen atoms in total. The van der Waals surface area contributed by atoms with Gasteiger partial charge in [-0.15, -0.1) is 0 Å². The van der Waals surface area contributed by atoms with Gasteiger partial charge in [-0.1, -0.05) is 0 Å². The molecule has 0 fully saturated rings. The van der Waals surface area contributed by atoms with Gasteiger partial charge in [0.15, 0.2) is 0 Å². The van der Waals surface area contributed by atoms with E-state index >= 15 is 0 Å². The number of carbonyl (C=O) groups is 1. The van der Waals surface area contributed by atoms with E-state index in [0.717, 1.165) is 0 Å². The molecular formula is C20H20N2O5.